The standard InChI is InChI=1S/C17H24N4O2S/c1-13-6-5-7-16(14(13)2)20-8-10-21(11-9-20)24(22,23)17-12-19(4)18-15(17)3/h5-7,12H,8-11H2,1-4H3. The number of piperazine rings is 1. The fourth-order valence-electron chi connectivity index (χ4n) is 3.22. The molecule has 0 bridgehead atoms. The van der Waals surface area contributed by atoms with Gasteiger partial charge in [-0.15, -0.1) is 0 Å². The average molecular weight is 348 g/mol. The highest BCUT2D eigenvalue weighted by Crippen LogP contribution is 2.26. The molecule has 1 fully saturated rings. The Labute approximate surface area is 143 Å². The highest BCUT2D eigenvalue weighted by molar-refractivity contribution is 7.89. The molecule has 1 saturated heterocycles. The molecule has 0 radical (unpaired) electrons. The van der Waals surface area contributed by atoms with Crippen LogP contribution in [0.1, 0.15) is 16.8 Å². The second kappa shape index (κ2) is 6.22. The van der Waals surface area contributed by atoms with Crippen molar-refractivity contribution in [3.05, 3.63) is 41.2 Å². The van der Waals surface area contributed by atoms with Gasteiger partial charge < -0.3 is 4.90 Å². The van der Waals surface area contributed by atoms with E-state index in [1.807, 2.05) is 0 Å². The lowest BCUT2D eigenvalue weighted by molar-refractivity contribution is 0.384. The monoisotopic (exact) mass is 348 g/mol. The SMILES string of the molecule is Cc1cccc(N2CCN(S(=O)(=O)c3cn(C)nc3C)CC2)c1C. The van der Waals surface area contributed by atoms with E-state index in [1.54, 1.807) is 29.2 Å². The van der Waals surface area contributed by atoms with Crippen molar-refractivity contribution in [2.24, 2.45) is 7.05 Å². The summed E-state index contributed by atoms with van der Waals surface area (Å²) in [7, 11) is -1.73. The Kier molecular flexibility index (Phi) is 4.40. The summed E-state index contributed by atoms with van der Waals surface area (Å²) in [4.78, 5) is 2.58. The van der Waals surface area contributed by atoms with Crippen molar-refractivity contribution in [3.63, 3.8) is 0 Å². The predicted octanol–water partition coefficient (Wildman–Crippen LogP) is 1.86. The van der Waals surface area contributed by atoms with Crippen molar-refractivity contribution in [2.75, 3.05) is 31.1 Å². The Balaban J connectivity index is 1.77. The van der Waals surface area contributed by atoms with Gasteiger partial charge in [-0.05, 0) is 38.0 Å². The Bertz CT molecular complexity index is 849. The van der Waals surface area contributed by atoms with Gasteiger partial charge in [-0.3, -0.25) is 4.68 Å². The first-order valence-electron chi connectivity index (χ1n) is 8.12. The predicted molar refractivity (Wildman–Crippen MR) is 94.8 cm³/mol. The summed E-state index contributed by atoms with van der Waals surface area (Å²) in [5, 5.41) is 4.16. The molecule has 1 aliphatic rings. The molecule has 0 aliphatic carbocycles. The Morgan fingerprint density at radius 3 is 2.29 bits per heavy atom. The van der Waals surface area contributed by atoms with E-state index in [0.29, 0.717) is 36.8 Å². The molecule has 1 aromatic carbocycles. The summed E-state index contributed by atoms with van der Waals surface area (Å²) in [6.45, 7) is 8.33. The number of benzene rings is 1. The maximum atomic E-state index is 12.8. The van der Waals surface area contributed by atoms with Gasteiger partial charge in [0.15, 0.2) is 0 Å². The summed E-state index contributed by atoms with van der Waals surface area (Å²) in [6, 6.07) is 6.27. The quantitative estimate of drug-likeness (QED) is 0.849. The smallest absolute Gasteiger partial charge is 0.246 e. The van der Waals surface area contributed by atoms with Crippen molar-refractivity contribution >= 4 is 15.7 Å². The Morgan fingerprint density at radius 2 is 1.71 bits per heavy atom. The molecule has 3 rings (SSSR count). The van der Waals surface area contributed by atoms with Crippen LogP contribution in [-0.2, 0) is 17.1 Å². The minimum Gasteiger partial charge on any atom is -0.369 e. The molecule has 0 spiro atoms. The molecular formula is C17H24N4O2S. The summed E-state index contributed by atoms with van der Waals surface area (Å²) in [6.07, 6.45) is 1.59. The van der Waals surface area contributed by atoms with Crippen LogP contribution < -0.4 is 4.90 Å². The zero-order valence-electron chi connectivity index (χ0n) is 14.7. The molecule has 1 aromatic heterocycles. The molecule has 0 unspecified atom stereocenters. The molecule has 0 atom stereocenters. The zero-order chi connectivity index (χ0) is 17.5. The molecule has 2 aromatic rings. The number of hydrogen-bond donors (Lipinski definition) is 0. The largest absolute Gasteiger partial charge is 0.369 e. The highest BCUT2D eigenvalue weighted by Gasteiger charge is 2.31. The van der Waals surface area contributed by atoms with Crippen LogP contribution in [0.4, 0.5) is 5.69 Å². The van der Waals surface area contributed by atoms with Crippen LogP contribution in [0.3, 0.4) is 0 Å². The third-order valence-electron chi connectivity index (χ3n) is 4.74. The van der Waals surface area contributed by atoms with Crippen molar-refractivity contribution in [1.29, 1.82) is 0 Å². The van der Waals surface area contributed by atoms with Crippen LogP contribution in [0.25, 0.3) is 0 Å². The number of aryl methyl sites for hydroxylation is 3. The van der Waals surface area contributed by atoms with E-state index in [0.717, 1.165) is 0 Å². The number of sulfonamides is 1. The first-order valence-corrected chi connectivity index (χ1v) is 9.56. The van der Waals surface area contributed by atoms with Crippen LogP contribution in [0.15, 0.2) is 29.3 Å². The normalized spacial score (nSPS) is 16.6. The van der Waals surface area contributed by atoms with E-state index in [2.05, 4.69) is 42.0 Å². The first-order chi connectivity index (χ1) is 11.3. The molecule has 7 heteroatoms. The minimum atomic E-state index is -3.47. The fraction of sp³-hybridized carbons (Fsp3) is 0.471. The fourth-order valence-corrected chi connectivity index (χ4v) is 4.84. The number of hydrogen-bond acceptors (Lipinski definition) is 4. The molecule has 2 heterocycles. The van der Waals surface area contributed by atoms with Crippen molar-refractivity contribution in [2.45, 2.75) is 25.7 Å². The molecule has 130 valence electrons. The van der Waals surface area contributed by atoms with Crippen LogP contribution in [0, 0.1) is 20.8 Å². The zero-order valence-corrected chi connectivity index (χ0v) is 15.5. The molecule has 1 aliphatic heterocycles. The van der Waals surface area contributed by atoms with E-state index in [-0.39, 0.29) is 0 Å². The lowest BCUT2D eigenvalue weighted by atomic mass is 10.1. The van der Waals surface area contributed by atoms with Crippen LogP contribution in [0.5, 0.6) is 0 Å². The van der Waals surface area contributed by atoms with Gasteiger partial charge in [0, 0.05) is 45.1 Å². The topological polar surface area (TPSA) is 58.4 Å². The van der Waals surface area contributed by atoms with Gasteiger partial charge in [-0.2, -0.15) is 9.40 Å². The summed E-state index contributed by atoms with van der Waals surface area (Å²) in [5.41, 5.74) is 4.27. The van der Waals surface area contributed by atoms with Crippen LogP contribution >= 0.6 is 0 Å². The van der Waals surface area contributed by atoms with E-state index in [1.165, 1.54) is 16.8 Å². The highest BCUT2D eigenvalue weighted by atomic mass is 32.2. The van der Waals surface area contributed by atoms with E-state index in [9.17, 15) is 8.42 Å². The van der Waals surface area contributed by atoms with Crippen molar-refractivity contribution < 1.29 is 8.42 Å². The van der Waals surface area contributed by atoms with Gasteiger partial charge in [0.2, 0.25) is 10.0 Å². The molecular weight excluding hydrogens is 324 g/mol. The third kappa shape index (κ3) is 2.93. The second-order valence-electron chi connectivity index (χ2n) is 6.36. The van der Waals surface area contributed by atoms with Crippen molar-refractivity contribution in [3.8, 4) is 0 Å². The number of nitrogens with zero attached hydrogens (tertiary/aromatic N) is 4. The van der Waals surface area contributed by atoms with Gasteiger partial charge >= 0.3 is 0 Å². The summed E-state index contributed by atoms with van der Waals surface area (Å²) < 4.78 is 28.8. The lowest BCUT2D eigenvalue weighted by Gasteiger charge is -2.36. The van der Waals surface area contributed by atoms with Gasteiger partial charge in [-0.1, -0.05) is 12.1 Å². The Morgan fingerprint density at radius 1 is 1.04 bits per heavy atom. The minimum absolute atomic E-state index is 0.310. The van der Waals surface area contributed by atoms with E-state index in [4.69, 9.17) is 0 Å². The summed E-state index contributed by atoms with van der Waals surface area (Å²) >= 11 is 0. The van der Waals surface area contributed by atoms with Crippen LogP contribution in [0.2, 0.25) is 0 Å². The van der Waals surface area contributed by atoms with Crippen LogP contribution in [-0.4, -0.2) is 48.7 Å². The van der Waals surface area contributed by atoms with Gasteiger partial charge in [-0.25, -0.2) is 8.42 Å². The maximum Gasteiger partial charge on any atom is 0.246 e. The molecule has 0 N–H and O–H groups in total. The third-order valence-corrected chi connectivity index (χ3v) is 6.74. The second-order valence-corrected chi connectivity index (χ2v) is 8.27. The molecule has 6 nitrogen and oxygen atoms in total. The van der Waals surface area contributed by atoms with Gasteiger partial charge in [0.05, 0.1) is 5.69 Å². The number of anilines is 1. The molecule has 0 amide bonds. The maximum absolute atomic E-state index is 12.8. The van der Waals surface area contributed by atoms with E-state index >= 15 is 0 Å². The molecule has 24 heavy (non-hydrogen) atoms. The summed E-state index contributed by atoms with van der Waals surface area (Å²) in [5.74, 6) is 0. The van der Waals surface area contributed by atoms with E-state index < -0.39 is 10.0 Å². The van der Waals surface area contributed by atoms with Gasteiger partial charge in [0.25, 0.3) is 0 Å². The number of rotatable bonds is 3. The first kappa shape index (κ1) is 17.0. The molecule has 0 saturated carbocycles. The lowest BCUT2D eigenvalue weighted by Crippen LogP contribution is -2.49. The Hall–Kier alpha value is -1.86. The van der Waals surface area contributed by atoms with Crippen molar-refractivity contribution in [1.82, 2.24) is 14.1 Å². The average Bonchev–Trinajstić information content (AvgIpc) is 2.89. The van der Waals surface area contributed by atoms with Gasteiger partial charge in [0.1, 0.15) is 4.90 Å². The number of aromatic nitrogens is 2.